The van der Waals surface area contributed by atoms with Crippen LogP contribution in [-0.2, 0) is 4.74 Å². The molecule has 1 aromatic rings. The number of carbonyl (C=O) groups excluding carboxylic acids is 1. The number of hydrogen-bond acceptors (Lipinski definition) is 4. The van der Waals surface area contributed by atoms with Crippen molar-refractivity contribution in [3.05, 3.63) is 22.8 Å². The van der Waals surface area contributed by atoms with Crippen molar-refractivity contribution in [2.24, 2.45) is 0 Å². The van der Waals surface area contributed by atoms with Crippen LogP contribution in [0.4, 0.5) is 10.6 Å². The molecule has 1 fully saturated rings. The molecule has 1 N–H and O–H groups in total. The monoisotopic (exact) mass is 311 g/mol. The van der Waals surface area contributed by atoms with E-state index in [2.05, 4.69) is 10.3 Å². The highest BCUT2D eigenvalue weighted by Crippen LogP contribution is 2.20. The van der Waals surface area contributed by atoms with Gasteiger partial charge in [-0.15, -0.1) is 0 Å². The van der Waals surface area contributed by atoms with E-state index in [-0.39, 0.29) is 12.1 Å². The molecule has 0 radical (unpaired) electrons. The number of pyridine rings is 1. The van der Waals surface area contributed by atoms with Gasteiger partial charge in [-0.3, -0.25) is 0 Å². The van der Waals surface area contributed by atoms with E-state index in [1.807, 2.05) is 33.8 Å². The van der Waals surface area contributed by atoms with Gasteiger partial charge in [0.2, 0.25) is 0 Å². The molecule has 0 bridgehead atoms. The van der Waals surface area contributed by atoms with Gasteiger partial charge >= 0.3 is 6.09 Å². The van der Waals surface area contributed by atoms with E-state index in [9.17, 15) is 4.79 Å². The van der Waals surface area contributed by atoms with Crippen molar-refractivity contribution in [1.29, 1.82) is 0 Å². The van der Waals surface area contributed by atoms with Gasteiger partial charge in [-0.05, 0) is 45.7 Å². The summed E-state index contributed by atoms with van der Waals surface area (Å²) in [5.41, 5.74) is 0.522. The van der Waals surface area contributed by atoms with Crippen molar-refractivity contribution < 1.29 is 9.53 Å². The summed E-state index contributed by atoms with van der Waals surface area (Å²) >= 11 is 5.96. The van der Waals surface area contributed by atoms with E-state index in [0.29, 0.717) is 18.1 Å². The summed E-state index contributed by atoms with van der Waals surface area (Å²) < 4.78 is 5.38. The molecule has 0 saturated carbocycles. The lowest BCUT2D eigenvalue weighted by Crippen LogP contribution is -2.36. The maximum Gasteiger partial charge on any atom is 0.410 e. The number of carbonyl (C=O) groups is 1. The third kappa shape index (κ3) is 4.49. The fraction of sp³-hybridized carbons (Fsp3) is 0.600. The fourth-order valence-electron chi connectivity index (χ4n) is 2.20. The molecule has 116 valence electrons. The lowest BCUT2D eigenvalue weighted by atomic mass is 10.2. The first-order valence-electron chi connectivity index (χ1n) is 7.11. The van der Waals surface area contributed by atoms with Gasteiger partial charge in [0.1, 0.15) is 11.4 Å². The van der Waals surface area contributed by atoms with Crippen molar-refractivity contribution in [3.8, 4) is 0 Å². The molecule has 0 aliphatic carbocycles. The molecule has 2 rings (SSSR count). The number of aryl methyl sites for hydroxylation is 1. The number of hydrogen-bond donors (Lipinski definition) is 1. The van der Waals surface area contributed by atoms with Crippen LogP contribution in [0.25, 0.3) is 0 Å². The lowest BCUT2D eigenvalue weighted by molar-refractivity contribution is 0.0293. The van der Waals surface area contributed by atoms with Crippen LogP contribution in [0.15, 0.2) is 12.3 Å². The number of rotatable bonds is 2. The van der Waals surface area contributed by atoms with E-state index >= 15 is 0 Å². The van der Waals surface area contributed by atoms with Crippen LogP contribution in [0.1, 0.15) is 32.8 Å². The Kier molecular flexibility index (Phi) is 4.61. The van der Waals surface area contributed by atoms with Crippen LogP contribution in [0.3, 0.4) is 0 Å². The summed E-state index contributed by atoms with van der Waals surface area (Å²) in [4.78, 5) is 18.0. The number of amides is 1. The number of ether oxygens (including phenoxy) is 1. The molecule has 1 atom stereocenters. The average molecular weight is 312 g/mol. The maximum atomic E-state index is 12.0. The molecule has 1 aliphatic heterocycles. The van der Waals surface area contributed by atoms with Crippen LogP contribution >= 0.6 is 11.6 Å². The molecular formula is C15H22ClN3O2. The zero-order chi connectivity index (χ0) is 15.6. The highest BCUT2D eigenvalue weighted by atomic mass is 35.5. The van der Waals surface area contributed by atoms with Crippen LogP contribution < -0.4 is 5.32 Å². The fourth-order valence-corrected chi connectivity index (χ4v) is 2.30. The second kappa shape index (κ2) is 6.10. The van der Waals surface area contributed by atoms with Crippen LogP contribution in [0, 0.1) is 6.92 Å². The Morgan fingerprint density at radius 3 is 2.86 bits per heavy atom. The molecular weight excluding hydrogens is 290 g/mol. The van der Waals surface area contributed by atoms with Gasteiger partial charge in [0, 0.05) is 25.3 Å². The Hall–Kier alpha value is -1.49. The molecule has 1 amide bonds. The van der Waals surface area contributed by atoms with Gasteiger partial charge < -0.3 is 15.0 Å². The number of aromatic nitrogens is 1. The Labute approximate surface area is 130 Å². The molecule has 1 unspecified atom stereocenters. The van der Waals surface area contributed by atoms with E-state index in [0.717, 1.165) is 17.8 Å². The quantitative estimate of drug-likeness (QED) is 0.908. The van der Waals surface area contributed by atoms with Crippen LogP contribution in [0.2, 0.25) is 5.02 Å². The molecule has 2 heterocycles. The molecule has 1 saturated heterocycles. The van der Waals surface area contributed by atoms with E-state index < -0.39 is 5.60 Å². The molecule has 6 heteroatoms. The van der Waals surface area contributed by atoms with Gasteiger partial charge in [-0.1, -0.05) is 11.6 Å². The smallest absolute Gasteiger partial charge is 0.410 e. The zero-order valence-electron chi connectivity index (χ0n) is 12.9. The molecule has 1 aliphatic rings. The van der Waals surface area contributed by atoms with Gasteiger partial charge in [-0.25, -0.2) is 9.78 Å². The van der Waals surface area contributed by atoms with Crippen molar-refractivity contribution in [1.82, 2.24) is 9.88 Å². The van der Waals surface area contributed by atoms with Crippen LogP contribution in [0.5, 0.6) is 0 Å². The Balaban J connectivity index is 1.90. The van der Waals surface area contributed by atoms with Crippen molar-refractivity contribution in [2.45, 2.75) is 45.8 Å². The lowest BCUT2D eigenvalue weighted by Gasteiger charge is -2.24. The maximum absolute atomic E-state index is 12.0. The van der Waals surface area contributed by atoms with Crippen molar-refractivity contribution in [3.63, 3.8) is 0 Å². The molecule has 21 heavy (non-hydrogen) atoms. The largest absolute Gasteiger partial charge is 0.444 e. The number of nitrogens with zero attached hydrogens (tertiary/aromatic N) is 2. The van der Waals surface area contributed by atoms with E-state index in [1.54, 1.807) is 11.1 Å². The van der Waals surface area contributed by atoms with Crippen molar-refractivity contribution in [2.75, 3.05) is 18.4 Å². The second-order valence-electron chi connectivity index (χ2n) is 6.38. The van der Waals surface area contributed by atoms with Gasteiger partial charge in [0.15, 0.2) is 0 Å². The van der Waals surface area contributed by atoms with Crippen LogP contribution in [-0.4, -0.2) is 40.7 Å². The molecule has 1 aromatic heterocycles. The summed E-state index contributed by atoms with van der Waals surface area (Å²) in [6.45, 7) is 8.87. The number of likely N-dealkylation sites (tertiary alicyclic amines) is 1. The highest BCUT2D eigenvalue weighted by molar-refractivity contribution is 6.31. The van der Waals surface area contributed by atoms with Gasteiger partial charge in [0.25, 0.3) is 0 Å². The SMILES string of the molecule is Cc1cc(NC2CCN(C(=O)OC(C)(C)C)C2)ncc1Cl. The predicted octanol–water partition coefficient (Wildman–Crippen LogP) is 3.46. The summed E-state index contributed by atoms with van der Waals surface area (Å²) in [5, 5.41) is 3.99. The molecule has 0 spiro atoms. The van der Waals surface area contributed by atoms with Crippen molar-refractivity contribution >= 4 is 23.5 Å². The first-order valence-corrected chi connectivity index (χ1v) is 7.49. The normalized spacial score (nSPS) is 18.7. The minimum atomic E-state index is -0.461. The number of halogens is 1. The third-order valence-corrected chi connectivity index (χ3v) is 3.63. The Bertz CT molecular complexity index is 528. The average Bonchev–Trinajstić information content (AvgIpc) is 2.80. The molecule has 0 aromatic carbocycles. The number of anilines is 1. The standard InChI is InChI=1S/C15H22ClN3O2/c1-10-7-13(17-8-12(10)16)18-11-5-6-19(9-11)14(20)21-15(2,3)4/h7-8,11H,5-6,9H2,1-4H3,(H,17,18). The second-order valence-corrected chi connectivity index (χ2v) is 6.78. The minimum Gasteiger partial charge on any atom is -0.444 e. The number of nitrogens with one attached hydrogen (secondary N) is 1. The Morgan fingerprint density at radius 1 is 1.52 bits per heavy atom. The summed E-state index contributed by atoms with van der Waals surface area (Å²) in [5.74, 6) is 0.785. The summed E-state index contributed by atoms with van der Waals surface area (Å²) in [7, 11) is 0. The predicted molar refractivity (Wildman–Crippen MR) is 83.8 cm³/mol. The first kappa shape index (κ1) is 15.9. The third-order valence-electron chi connectivity index (χ3n) is 3.24. The van der Waals surface area contributed by atoms with Gasteiger partial charge in [-0.2, -0.15) is 0 Å². The minimum absolute atomic E-state index is 0.186. The summed E-state index contributed by atoms with van der Waals surface area (Å²) in [6.07, 6.45) is 2.26. The summed E-state index contributed by atoms with van der Waals surface area (Å²) in [6, 6.07) is 2.10. The topological polar surface area (TPSA) is 54.5 Å². The Morgan fingerprint density at radius 2 is 2.24 bits per heavy atom. The van der Waals surface area contributed by atoms with E-state index in [1.165, 1.54) is 0 Å². The van der Waals surface area contributed by atoms with E-state index in [4.69, 9.17) is 16.3 Å². The first-order chi connectivity index (χ1) is 9.74. The molecule has 5 nitrogen and oxygen atoms in total. The zero-order valence-corrected chi connectivity index (χ0v) is 13.7. The highest BCUT2D eigenvalue weighted by Gasteiger charge is 2.29. The van der Waals surface area contributed by atoms with Gasteiger partial charge in [0.05, 0.1) is 5.02 Å².